The fourth-order valence-electron chi connectivity index (χ4n) is 2.61. The number of hydrogen-bond acceptors (Lipinski definition) is 4. The number of rotatable bonds is 6. The Labute approximate surface area is 168 Å². The minimum absolute atomic E-state index is 0.317. The maximum atomic E-state index is 13.6. The molecule has 4 nitrogen and oxygen atoms in total. The molecule has 0 spiro atoms. The third-order valence-corrected chi connectivity index (χ3v) is 4.81. The van der Waals surface area contributed by atoms with E-state index in [1.54, 1.807) is 19.4 Å². The summed E-state index contributed by atoms with van der Waals surface area (Å²) in [4.78, 5) is 0. The molecular weight excluding hydrogens is 373 g/mol. The molecule has 6 heteroatoms. The Balaban J connectivity index is 1.70. The topological polar surface area (TPSA) is 60.0 Å². The van der Waals surface area contributed by atoms with Crippen LogP contribution in [0.15, 0.2) is 83.0 Å². The van der Waals surface area contributed by atoms with Crippen LogP contribution in [0.5, 0.6) is 5.75 Å². The molecule has 0 saturated carbocycles. The highest BCUT2D eigenvalue weighted by molar-refractivity contribution is 8.13. The van der Waals surface area contributed by atoms with Crippen LogP contribution in [0.3, 0.4) is 0 Å². The molecule has 0 atom stereocenters. The zero-order valence-electron chi connectivity index (χ0n) is 15.4. The lowest BCUT2D eigenvalue weighted by molar-refractivity contribution is 0.415. The van der Waals surface area contributed by atoms with Gasteiger partial charge in [-0.15, -0.1) is 5.10 Å². The Bertz CT molecular complexity index is 990. The molecule has 3 aromatic carbocycles. The van der Waals surface area contributed by atoms with Crippen LogP contribution in [0.2, 0.25) is 0 Å². The number of hydrogen-bond donors (Lipinski definition) is 1. The van der Waals surface area contributed by atoms with Gasteiger partial charge < -0.3 is 10.5 Å². The van der Waals surface area contributed by atoms with Gasteiger partial charge in [-0.25, -0.2) is 4.39 Å². The number of ether oxygens (including phenoxy) is 1. The summed E-state index contributed by atoms with van der Waals surface area (Å²) in [6.07, 6.45) is 1.62. The van der Waals surface area contributed by atoms with Gasteiger partial charge in [0.1, 0.15) is 11.6 Å². The van der Waals surface area contributed by atoms with Gasteiger partial charge in [-0.1, -0.05) is 60.3 Å². The van der Waals surface area contributed by atoms with Crippen molar-refractivity contribution in [1.29, 1.82) is 0 Å². The van der Waals surface area contributed by atoms with Gasteiger partial charge in [0.05, 0.1) is 13.3 Å². The Kier molecular flexibility index (Phi) is 6.81. The quantitative estimate of drug-likeness (QED) is 0.361. The maximum Gasteiger partial charge on any atom is 0.180 e. The summed E-state index contributed by atoms with van der Waals surface area (Å²) in [6, 6.07) is 22.0. The highest BCUT2D eigenvalue weighted by Crippen LogP contribution is 2.30. The van der Waals surface area contributed by atoms with Crippen molar-refractivity contribution in [3.8, 4) is 16.9 Å². The second-order valence-corrected chi connectivity index (χ2v) is 6.92. The minimum Gasteiger partial charge on any atom is -0.496 e. The first-order chi connectivity index (χ1) is 13.7. The van der Waals surface area contributed by atoms with Crippen LogP contribution in [0.1, 0.15) is 11.1 Å². The zero-order chi connectivity index (χ0) is 19.8. The lowest BCUT2D eigenvalue weighted by Crippen LogP contribution is -2.05. The van der Waals surface area contributed by atoms with E-state index < -0.39 is 0 Å². The average molecular weight is 393 g/mol. The molecule has 0 aromatic heterocycles. The number of nitrogens with two attached hydrogens (primary N) is 1. The summed E-state index contributed by atoms with van der Waals surface area (Å²) in [6.45, 7) is 0. The molecule has 28 heavy (non-hydrogen) atoms. The van der Waals surface area contributed by atoms with Gasteiger partial charge in [-0.2, -0.15) is 5.10 Å². The van der Waals surface area contributed by atoms with Gasteiger partial charge in [0.2, 0.25) is 0 Å². The molecule has 0 fully saturated rings. The maximum absolute atomic E-state index is 13.6. The first-order valence-electron chi connectivity index (χ1n) is 8.63. The van der Waals surface area contributed by atoms with Crippen LogP contribution in [-0.4, -0.2) is 18.5 Å². The fraction of sp³-hybridized carbons (Fsp3) is 0.0909. The van der Waals surface area contributed by atoms with Crippen LogP contribution < -0.4 is 10.5 Å². The van der Waals surface area contributed by atoms with Crippen LogP contribution in [0.25, 0.3) is 11.1 Å². The van der Waals surface area contributed by atoms with Gasteiger partial charge in [0.25, 0.3) is 0 Å². The second kappa shape index (κ2) is 9.71. The van der Waals surface area contributed by atoms with Gasteiger partial charge in [-0.05, 0) is 41.0 Å². The van der Waals surface area contributed by atoms with Gasteiger partial charge >= 0.3 is 0 Å². The summed E-state index contributed by atoms with van der Waals surface area (Å²) in [5.74, 6) is 1.03. The van der Waals surface area contributed by atoms with E-state index in [0.29, 0.717) is 16.5 Å². The molecule has 0 aliphatic heterocycles. The van der Waals surface area contributed by atoms with E-state index in [1.165, 1.54) is 29.5 Å². The zero-order valence-corrected chi connectivity index (χ0v) is 16.2. The third kappa shape index (κ3) is 5.44. The van der Waals surface area contributed by atoms with Crippen molar-refractivity contribution >= 4 is 23.1 Å². The predicted octanol–water partition coefficient (Wildman–Crippen LogP) is 5.08. The molecule has 2 N–H and O–H groups in total. The summed E-state index contributed by atoms with van der Waals surface area (Å²) >= 11 is 1.43. The number of halogens is 1. The van der Waals surface area contributed by atoms with Gasteiger partial charge in [0.15, 0.2) is 5.17 Å². The molecule has 0 unspecified atom stereocenters. The van der Waals surface area contributed by atoms with E-state index in [9.17, 15) is 4.39 Å². The van der Waals surface area contributed by atoms with Crippen molar-refractivity contribution < 1.29 is 9.13 Å². The normalized spacial score (nSPS) is 11.7. The lowest BCUT2D eigenvalue weighted by Gasteiger charge is -2.09. The molecule has 0 saturated heterocycles. The van der Waals surface area contributed by atoms with E-state index in [0.717, 1.165) is 16.9 Å². The standard InChI is InChI=1S/C22H20FN3OS/c1-27-21-11-10-19(23)13-20(21)18-9-5-8-17(12-18)14-25-26-22(24)28-15-16-6-3-2-4-7-16/h2-14H,15H2,1H3,(H2,24,26). The average Bonchev–Trinajstić information content (AvgIpc) is 2.73. The number of nitrogens with zero attached hydrogens (tertiary/aromatic N) is 2. The molecule has 142 valence electrons. The van der Waals surface area contributed by atoms with Crippen molar-refractivity contribution in [3.05, 3.63) is 89.7 Å². The SMILES string of the molecule is COc1ccc(F)cc1-c1cccc(C=NN=C(N)SCc2ccccc2)c1. The third-order valence-electron chi connectivity index (χ3n) is 3.95. The number of methoxy groups -OCH3 is 1. The van der Waals surface area contributed by atoms with Crippen LogP contribution in [0.4, 0.5) is 4.39 Å². The highest BCUT2D eigenvalue weighted by Gasteiger charge is 2.07. The Morgan fingerprint density at radius 3 is 2.68 bits per heavy atom. The van der Waals surface area contributed by atoms with Crippen LogP contribution >= 0.6 is 11.8 Å². The fourth-order valence-corrected chi connectivity index (χ4v) is 3.22. The summed E-state index contributed by atoms with van der Waals surface area (Å²) in [5.41, 5.74) is 9.41. The Morgan fingerprint density at radius 2 is 1.89 bits per heavy atom. The summed E-state index contributed by atoms with van der Waals surface area (Å²) in [7, 11) is 1.56. The lowest BCUT2D eigenvalue weighted by atomic mass is 10.0. The number of thioether (sulfide) groups is 1. The largest absolute Gasteiger partial charge is 0.496 e. The molecule has 3 rings (SSSR count). The first kappa shape index (κ1) is 19.6. The van der Waals surface area contributed by atoms with Gasteiger partial charge in [0, 0.05) is 11.3 Å². The van der Waals surface area contributed by atoms with E-state index in [-0.39, 0.29) is 5.82 Å². The van der Waals surface area contributed by atoms with Crippen molar-refractivity contribution in [2.75, 3.05) is 7.11 Å². The molecule has 0 aliphatic carbocycles. The van der Waals surface area contributed by atoms with Gasteiger partial charge in [-0.3, -0.25) is 0 Å². The second-order valence-electron chi connectivity index (χ2n) is 5.93. The summed E-state index contributed by atoms with van der Waals surface area (Å²) < 4.78 is 19.0. The van der Waals surface area contributed by atoms with Crippen LogP contribution in [-0.2, 0) is 5.75 Å². The molecule has 3 aromatic rings. The first-order valence-corrected chi connectivity index (χ1v) is 9.61. The van der Waals surface area contributed by atoms with E-state index in [4.69, 9.17) is 10.5 Å². The van der Waals surface area contributed by atoms with Crippen molar-refractivity contribution in [2.24, 2.45) is 15.9 Å². The number of amidine groups is 1. The monoisotopic (exact) mass is 393 g/mol. The molecule has 0 radical (unpaired) electrons. The van der Waals surface area contributed by atoms with E-state index in [2.05, 4.69) is 10.2 Å². The number of benzene rings is 3. The van der Waals surface area contributed by atoms with Crippen LogP contribution in [0, 0.1) is 5.82 Å². The van der Waals surface area contributed by atoms with E-state index >= 15 is 0 Å². The van der Waals surface area contributed by atoms with Crippen molar-refractivity contribution in [3.63, 3.8) is 0 Å². The van der Waals surface area contributed by atoms with Crippen molar-refractivity contribution in [2.45, 2.75) is 5.75 Å². The smallest absolute Gasteiger partial charge is 0.180 e. The van der Waals surface area contributed by atoms with E-state index in [1.807, 2.05) is 54.6 Å². The Morgan fingerprint density at radius 1 is 1.07 bits per heavy atom. The summed E-state index contributed by atoms with van der Waals surface area (Å²) in [5, 5.41) is 8.48. The molecule has 0 amide bonds. The van der Waals surface area contributed by atoms with Crippen molar-refractivity contribution in [1.82, 2.24) is 0 Å². The molecule has 0 bridgehead atoms. The highest BCUT2D eigenvalue weighted by atomic mass is 32.2. The molecular formula is C22H20FN3OS. The molecule has 0 aliphatic rings. The predicted molar refractivity (Wildman–Crippen MR) is 115 cm³/mol. The Hall–Kier alpha value is -3.12. The minimum atomic E-state index is -0.317. The molecule has 0 heterocycles.